The molecule has 0 aromatic heterocycles. The van der Waals surface area contributed by atoms with Crippen LogP contribution in [0.4, 0.5) is 10.1 Å². The zero-order chi connectivity index (χ0) is 17.5. The summed E-state index contributed by atoms with van der Waals surface area (Å²) in [5.41, 5.74) is 7.02. The van der Waals surface area contributed by atoms with E-state index in [-0.39, 0.29) is 18.0 Å². The van der Waals surface area contributed by atoms with Crippen molar-refractivity contribution in [3.63, 3.8) is 0 Å². The molecule has 0 saturated carbocycles. The van der Waals surface area contributed by atoms with Gasteiger partial charge in [0.05, 0.1) is 12.0 Å². The average Bonchev–Trinajstić information content (AvgIpc) is 2.57. The standard InChI is InChI=1S/C17H19FN2O4/c1-23-16-7-4-12(3-2-8-19)9-13(16)11-24-17-10-14(18)5-6-15(17)20(21)22/h4-7,9-10H,2-3,8,11,19H2,1H3. The van der Waals surface area contributed by atoms with Crippen LogP contribution in [0.1, 0.15) is 17.5 Å². The molecule has 0 unspecified atom stereocenters. The van der Waals surface area contributed by atoms with Gasteiger partial charge in [0.1, 0.15) is 18.2 Å². The Bertz CT molecular complexity index is 722. The molecule has 0 bridgehead atoms. The fraction of sp³-hybridized carbons (Fsp3) is 0.294. The predicted molar refractivity (Wildman–Crippen MR) is 87.8 cm³/mol. The summed E-state index contributed by atoms with van der Waals surface area (Å²) < 4.78 is 24.1. The fourth-order valence-corrected chi connectivity index (χ4v) is 2.32. The number of methoxy groups -OCH3 is 1. The van der Waals surface area contributed by atoms with Crippen LogP contribution in [0, 0.1) is 15.9 Å². The first-order valence-corrected chi connectivity index (χ1v) is 7.47. The molecule has 0 atom stereocenters. The zero-order valence-corrected chi connectivity index (χ0v) is 13.3. The molecule has 0 aliphatic heterocycles. The van der Waals surface area contributed by atoms with E-state index in [1.807, 2.05) is 18.2 Å². The van der Waals surface area contributed by atoms with Crippen LogP contribution in [-0.4, -0.2) is 18.6 Å². The van der Waals surface area contributed by atoms with E-state index in [9.17, 15) is 14.5 Å². The molecule has 24 heavy (non-hydrogen) atoms. The highest BCUT2D eigenvalue weighted by Gasteiger charge is 2.17. The first-order valence-electron chi connectivity index (χ1n) is 7.47. The molecule has 7 heteroatoms. The van der Waals surface area contributed by atoms with Crippen LogP contribution < -0.4 is 15.2 Å². The van der Waals surface area contributed by atoms with Crippen molar-refractivity contribution in [3.05, 3.63) is 63.5 Å². The molecule has 0 fully saturated rings. The molecule has 128 valence electrons. The summed E-state index contributed by atoms with van der Waals surface area (Å²) in [6.45, 7) is 0.622. The molecule has 2 aromatic carbocycles. The highest BCUT2D eigenvalue weighted by atomic mass is 19.1. The maximum absolute atomic E-state index is 13.3. The maximum atomic E-state index is 13.3. The number of halogens is 1. The fourth-order valence-electron chi connectivity index (χ4n) is 2.32. The Hall–Kier alpha value is -2.67. The molecule has 0 amide bonds. The van der Waals surface area contributed by atoms with Gasteiger partial charge in [0, 0.05) is 17.7 Å². The lowest BCUT2D eigenvalue weighted by Gasteiger charge is -2.12. The molecule has 0 spiro atoms. The number of rotatable bonds is 8. The van der Waals surface area contributed by atoms with Gasteiger partial charge in [-0.2, -0.15) is 0 Å². The normalized spacial score (nSPS) is 10.5. The highest BCUT2D eigenvalue weighted by Crippen LogP contribution is 2.29. The van der Waals surface area contributed by atoms with Gasteiger partial charge in [0.2, 0.25) is 0 Å². The number of nitro benzene ring substituents is 1. The van der Waals surface area contributed by atoms with Crippen LogP contribution in [0.5, 0.6) is 11.5 Å². The maximum Gasteiger partial charge on any atom is 0.311 e. The van der Waals surface area contributed by atoms with E-state index in [1.165, 1.54) is 7.11 Å². The van der Waals surface area contributed by atoms with E-state index in [1.54, 1.807) is 0 Å². The van der Waals surface area contributed by atoms with Crippen molar-refractivity contribution < 1.29 is 18.8 Å². The van der Waals surface area contributed by atoms with Crippen molar-refractivity contribution in [2.45, 2.75) is 19.4 Å². The van der Waals surface area contributed by atoms with Crippen LogP contribution in [-0.2, 0) is 13.0 Å². The van der Waals surface area contributed by atoms with E-state index in [0.29, 0.717) is 12.3 Å². The third-order valence-corrected chi connectivity index (χ3v) is 3.52. The van der Waals surface area contributed by atoms with Crippen molar-refractivity contribution in [2.75, 3.05) is 13.7 Å². The molecule has 0 aliphatic carbocycles. The third kappa shape index (κ3) is 4.42. The Labute approximate surface area is 139 Å². The molecule has 0 heterocycles. The highest BCUT2D eigenvalue weighted by molar-refractivity contribution is 5.46. The van der Waals surface area contributed by atoms with Gasteiger partial charge in [0.25, 0.3) is 0 Å². The molecule has 2 rings (SSSR count). The summed E-state index contributed by atoms with van der Waals surface area (Å²) in [6, 6.07) is 8.76. The topological polar surface area (TPSA) is 87.6 Å². The van der Waals surface area contributed by atoms with Gasteiger partial charge < -0.3 is 15.2 Å². The molecule has 2 N–H and O–H groups in total. The van der Waals surface area contributed by atoms with E-state index >= 15 is 0 Å². The third-order valence-electron chi connectivity index (χ3n) is 3.52. The number of nitrogens with zero attached hydrogens (tertiary/aromatic N) is 1. The van der Waals surface area contributed by atoms with Crippen LogP contribution in [0.2, 0.25) is 0 Å². The first kappa shape index (κ1) is 17.7. The average molecular weight is 334 g/mol. The molecule has 2 aromatic rings. The Kier molecular flexibility index (Phi) is 6.08. The van der Waals surface area contributed by atoms with Gasteiger partial charge in [-0.1, -0.05) is 6.07 Å². The zero-order valence-electron chi connectivity index (χ0n) is 13.3. The molecule has 0 saturated heterocycles. The molecule has 0 radical (unpaired) electrons. The van der Waals surface area contributed by atoms with Crippen LogP contribution >= 0.6 is 0 Å². The van der Waals surface area contributed by atoms with Gasteiger partial charge in [-0.15, -0.1) is 0 Å². The quantitative estimate of drug-likeness (QED) is 0.591. The second-order valence-electron chi connectivity index (χ2n) is 5.20. The van der Waals surface area contributed by atoms with Gasteiger partial charge in [-0.25, -0.2) is 4.39 Å². The number of hydrogen-bond donors (Lipinski definition) is 1. The number of nitrogens with two attached hydrogens (primary N) is 1. The van der Waals surface area contributed by atoms with E-state index in [4.69, 9.17) is 15.2 Å². The molecule has 0 aliphatic rings. The SMILES string of the molecule is COc1ccc(CCCN)cc1COc1cc(F)ccc1[N+](=O)[O-]. The first-order chi connectivity index (χ1) is 11.5. The molecule has 6 nitrogen and oxygen atoms in total. The summed E-state index contributed by atoms with van der Waals surface area (Å²) in [5, 5.41) is 11.0. The predicted octanol–water partition coefficient (Wildman–Crippen LogP) is 3.21. The number of hydrogen-bond acceptors (Lipinski definition) is 5. The monoisotopic (exact) mass is 334 g/mol. The van der Waals surface area contributed by atoms with Gasteiger partial charge in [-0.3, -0.25) is 10.1 Å². The Morgan fingerprint density at radius 3 is 2.67 bits per heavy atom. The summed E-state index contributed by atoms with van der Waals surface area (Å²) >= 11 is 0. The van der Waals surface area contributed by atoms with E-state index < -0.39 is 10.7 Å². The van der Waals surface area contributed by atoms with Gasteiger partial charge in [-0.05, 0) is 43.1 Å². The second-order valence-corrected chi connectivity index (χ2v) is 5.20. The van der Waals surface area contributed by atoms with Crippen LogP contribution in [0.3, 0.4) is 0 Å². The number of ether oxygens (including phenoxy) is 2. The van der Waals surface area contributed by atoms with Crippen molar-refractivity contribution in [1.82, 2.24) is 0 Å². The summed E-state index contributed by atoms with van der Waals surface area (Å²) in [7, 11) is 1.53. The summed E-state index contributed by atoms with van der Waals surface area (Å²) in [6.07, 6.45) is 1.66. The van der Waals surface area contributed by atoms with Crippen molar-refractivity contribution in [1.29, 1.82) is 0 Å². The number of nitro groups is 1. The largest absolute Gasteiger partial charge is 0.496 e. The van der Waals surface area contributed by atoms with Gasteiger partial charge in [0.15, 0.2) is 5.75 Å². The van der Waals surface area contributed by atoms with Gasteiger partial charge >= 0.3 is 5.69 Å². The van der Waals surface area contributed by atoms with Crippen LogP contribution in [0.15, 0.2) is 36.4 Å². The number of benzene rings is 2. The Morgan fingerprint density at radius 2 is 2.00 bits per heavy atom. The minimum absolute atomic E-state index is 0.0317. The van der Waals surface area contributed by atoms with Crippen molar-refractivity contribution in [3.8, 4) is 11.5 Å². The lowest BCUT2D eigenvalue weighted by atomic mass is 10.1. The lowest BCUT2D eigenvalue weighted by Crippen LogP contribution is -2.04. The van der Waals surface area contributed by atoms with Crippen molar-refractivity contribution >= 4 is 5.69 Å². The molecular formula is C17H19FN2O4. The minimum atomic E-state index is -0.607. The summed E-state index contributed by atoms with van der Waals surface area (Å²) in [4.78, 5) is 10.4. The number of aryl methyl sites for hydroxylation is 1. The lowest BCUT2D eigenvalue weighted by molar-refractivity contribution is -0.386. The van der Waals surface area contributed by atoms with E-state index in [2.05, 4.69) is 0 Å². The Balaban J connectivity index is 2.22. The second kappa shape index (κ2) is 8.26. The Morgan fingerprint density at radius 1 is 1.21 bits per heavy atom. The van der Waals surface area contributed by atoms with Crippen molar-refractivity contribution in [2.24, 2.45) is 5.73 Å². The van der Waals surface area contributed by atoms with E-state index in [0.717, 1.165) is 42.2 Å². The minimum Gasteiger partial charge on any atom is -0.496 e. The van der Waals surface area contributed by atoms with Crippen LogP contribution in [0.25, 0.3) is 0 Å². The summed E-state index contributed by atoms with van der Waals surface area (Å²) in [5.74, 6) is -0.112. The molecular weight excluding hydrogens is 315 g/mol. The smallest absolute Gasteiger partial charge is 0.311 e.